The van der Waals surface area contributed by atoms with Crippen LogP contribution < -0.4 is 27.2 Å². The normalized spacial score (nSPS) is 9.37. The molecule has 0 aliphatic carbocycles. The minimum Gasteiger partial charge on any atom is -0.389 e. The maximum atomic E-state index is 5.98. The van der Waals surface area contributed by atoms with Crippen molar-refractivity contribution < 1.29 is 0 Å². The van der Waals surface area contributed by atoms with Crippen molar-refractivity contribution in [1.82, 2.24) is 16.1 Å². The van der Waals surface area contributed by atoms with Gasteiger partial charge in [0.1, 0.15) is 6.17 Å². The number of hydrogen-bond donors (Lipinski definition) is 5. The maximum absolute atomic E-state index is 5.98. The average molecular weight is 556 g/mol. The topological polar surface area (TPSA) is 74.1 Å². The zero-order chi connectivity index (χ0) is 31.5. The van der Waals surface area contributed by atoms with Crippen LogP contribution in [0.15, 0.2) is 111 Å². The number of anilines is 1. The van der Waals surface area contributed by atoms with Crippen molar-refractivity contribution in [3.8, 4) is 11.8 Å². The molecule has 6 N–H and O–H groups in total. The molecule has 41 heavy (non-hydrogen) atoms. The number of nitrogens with one attached hydrogen (secondary N) is 4. The van der Waals surface area contributed by atoms with Gasteiger partial charge in [-0.05, 0) is 42.8 Å². The van der Waals surface area contributed by atoms with Gasteiger partial charge in [0.15, 0.2) is 0 Å². The molecule has 3 rings (SSSR count). The van der Waals surface area contributed by atoms with E-state index in [0.717, 1.165) is 34.6 Å². The second kappa shape index (κ2) is 26.0. The molecule has 0 amide bonds. The van der Waals surface area contributed by atoms with Crippen molar-refractivity contribution in [2.75, 3.05) is 19.0 Å². The highest BCUT2D eigenvalue weighted by Gasteiger charge is 2.07. The van der Waals surface area contributed by atoms with Crippen LogP contribution in [0.3, 0.4) is 0 Å². The number of hydrazine groups is 1. The van der Waals surface area contributed by atoms with E-state index in [1.165, 1.54) is 12.0 Å². The van der Waals surface area contributed by atoms with Crippen LogP contribution >= 0.6 is 0 Å². The maximum Gasteiger partial charge on any atom is 0.115 e. The first kappa shape index (κ1) is 38.9. The van der Waals surface area contributed by atoms with E-state index < -0.39 is 6.17 Å². The van der Waals surface area contributed by atoms with Crippen LogP contribution in [-0.2, 0) is 0 Å². The number of nitrogens with two attached hydrogens (primary N) is 1. The van der Waals surface area contributed by atoms with Gasteiger partial charge < -0.3 is 21.8 Å². The van der Waals surface area contributed by atoms with Crippen LogP contribution in [0.1, 0.15) is 63.3 Å². The molecule has 0 aliphatic heterocycles. The summed E-state index contributed by atoms with van der Waals surface area (Å²) in [5.74, 6) is 6.37. The third-order valence-corrected chi connectivity index (χ3v) is 4.82. The summed E-state index contributed by atoms with van der Waals surface area (Å²) < 4.78 is 0. The molecule has 5 heteroatoms. The zero-order valence-corrected chi connectivity index (χ0v) is 26.4. The van der Waals surface area contributed by atoms with Gasteiger partial charge in [-0.1, -0.05) is 120 Å². The number of rotatable bonds is 8. The summed E-state index contributed by atoms with van der Waals surface area (Å²) in [7, 11) is 1.78. The summed E-state index contributed by atoms with van der Waals surface area (Å²) in [5.41, 5.74) is 18.8. The van der Waals surface area contributed by atoms with Gasteiger partial charge in [0.2, 0.25) is 0 Å². The highest BCUT2D eigenvalue weighted by Crippen LogP contribution is 2.12. The SMILES string of the molecule is C=C.C=C(NC(N)C(=C)NC)c1ccc(C#Cc2cccc(NNCC)c2)cc1.CC.CCC.Cc1ccccc1. The lowest BCUT2D eigenvalue weighted by Crippen LogP contribution is -2.41. The molecule has 1 atom stereocenters. The first-order valence-electron chi connectivity index (χ1n) is 14.1. The Labute approximate surface area is 251 Å². The predicted octanol–water partition coefficient (Wildman–Crippen LogP) is 7.84. The van der Waals surface area contributed by atoms with Crippen LogP contribution in [-0.4, -0.2) is 19.8 Å². The monoisotopic (exact) mass is 555 g/mol. The van der Waals surface area contributed by atoms with Gasteiger partial charge in [0.05, 0.1) is 0 Å². The minimum atomic E-state index is -0.398. The molecule has 1 unspecified atom stereocenters. The Morgan fingerprint density at radius 3 is 1.88 bits per heavy atom. The molecule has 5 nitrogen and oxygen atoms in total. The first-order chi connectivity index (χ1) is 19.8. The summed E-state index contributed by atoms with van der Waals surface area (Å²) in [5, 5.41) is 6.05. The number of aryl methyl sites for hydroxylation is 1. The average Bonchev–Trinajstić information content (AvgIpc) is 3.02. The molecule has 3 aromatic carbocycles. The standard InChI is InChI=1S/C22H27N5.C7H8.C3H8.C2H6.C2H4/c1-5-25-27-21-8-6-7-19(15-21)10-9-18-11-13-20(14-12-18)16(2)26-22(23)17(3)24-4;1-7-5-3-2-4-6-7;1-3-2;2*1-2/h6-8,11-15,22,24-27H,2-3,5,23H2,1,4H3;2-6H,1H3;3H2,1-2H3;1-2H3;1-2H2. The molecule has 222 valence electrons. The fraction of sp³-hybridized carbons (Fsp3) is 0.278. The van der Waals surface area contributed by atoms with E-state index in [9.17, 15) is 0 Å². The van der Waals surface area contributed by atoms with Crippen molar-refractivity contribution in [1.29, 1.82) is 0 Å². The molecular formula is C36H53N5. The van der Waals surface area contributed by atoms with Crippen molar-refractivity contribution in [2.45, 2.75) is 54.1 Å². The lowest BCUT2D eigenvalue weighted by atomic mass is 10.1. The van der Waals surface area contributed by atoms with Gasteiger partial charge in [-0.2, -0.15) is 0 Å². The molecule has 3 aromatic rings. The van der Waals surface area contributed by atoms with Crippen molar-refractivity contribution in [3.63, 3.8) is 0 Å². The summed E-state index contributed by atoms with van der Waals surface area (Å²) >= 11 is 0. The lowest BCUT2D eigenvalue weighted by Gasteiger charge is -2.19. The van der Waals surface area contributed by atoms with Crippen LogP contribution in [0.2, 0.25) is 0 Å². The van der Waals surface area contributed by atoms with Crippen LogP contribution in [0.25, 0.3) is 5.70 Å². The van der Waals surface area contributed by atoms with Gasteiger partial charge in [0, 0.05) is 41.8 Å². The molecule has 0 aliphatic rings. The number of hydrogen-bond acceptors (Lipinski definition) is 5. The molecule has 0 heterocycles. The lowest BCUT2D eigenvalue weighted by molar-refractivity contribution is 0.667. The van der Waals surface area contributed by atoms with E-state index in [-0.39, 0.29) is 0 Å². The Morgan fingerprint density at radius 1 is 0.829 bits per heavy atom. The van der Waals surface area contributed by atoms with E-state index in [0.29, 0.717) is 5.70 Å². The summed E-state index contributed by atoms with van der Waals surface area (Å²) in [4.78, 5) is 0. The fourth-order valence-electron chi connectivity index (χ4n) is 2.81. The van der Waals surface area contributed by atoms with E-state index in [4.69, 9.17) is 5.73 Å². The Bertz CT molecular complexity index is 1140. The minimum absolute atomic E-state index is 0.398. The summed E-state index contributed by atoms with van der Waals surface area (Å²) in [6.45, 7) is 27.1. The van der Waals surface area contributed by atoms with Crippen molar-refractivity contribution in [2.24, 2.45) is 5.73 Å². The van der Waals surface area contributed by atoms with Crippen molar-refractivity contribution >= 4 is 11.4 Å². The van der Waals surface area contributed by atoms with E-state index in [1.807, 2.05) is 87.5 Å². The Balaban J connectivity index is 0. The van der Waals surface area contributed by atoms with Crippen LogP contribution in [0.5, 0.6) is 0 Å². The Hall–Kier alpha value is -4.24. The molecule has 0 aromatic heterocycles. The molecule has 0 bridgehead atoms. The van der Waals surface area contributed by atoms with Gasteiger partial charge in [-0.3, -0.25) is 0 Å². The van der Waals surface area contributed by atoms with Crippen molar-refractivity contribution in [3.05, 3.63) is 133 Å². The van der Waals surface area contributed by atoms with Gasteiger partial charge in [-0.25, -0.2) is 5.43 Å². The Morgan fingerprint density at radius 2 is 1.39 bits per heavy atom. The third-order valence-electron chi connectivity index (χ3n) is 4.82. The summed E-state index contributed by atoms with van der Waals surface area (Å²) in [6.07, 6.45) is 0.852. The second-order valence-electron chi connectivity index (χ2n) is 8.30. The van der Waals surface area contributed by atoms with E-state index >= 15 is 0 Å². The molecule has 0 saturated heterocycles. The third kappa shape index (κ3) is 18.6. The molecular weight excluding hydrogens is 502 g/mol. The zero-order valence-electron chi connectivity index (χ0n) is 26.4. The molecule has 0 spiro atoms. The van der Waals surface area contributed by atoms with Crippen LogP contribution in [0.4, 0.5) is 5.69 Å². The van der Waals surface area contributed by atoms with Gasteiger partial charge >= 0.3 is 0 Å². The van der Waals surface area contributed by atoms with Gasteiger partial charge in [0.25, 0.3) is 0 Å². The van der Waals surface area contributed by atoms with Crippen LogP contribution in [0, 0.1) is 18.8 Å². The van der Waals surface area contributed by atoms with E-state index in [2.05, 4.69) is 92.5 Å². The predicted molar refractivity (Wildman–Crippen MR) is 184 cm³/mol. The highest BCUT2D eigenvalue weighted by atomic mass is 15.3. The molecule has 0 saturated carbocycles. The Kier molecular flexibility index (Phi) is 24.7. The molecule has 0 radical (unpaired) electrons. The van der Waals surface area contributed by atoms with Gasteiger partial charge in [-0.15, -0.1) is 13.2 Å². The smallest absolute Gasteiger partial charge is 0.115 e. The first-order valence-corrected chi connectivity index (χ1v) is 14.1. The number of likely N-dealkylation sites (N-methyl/N-ethyl adjacent to an activating group) is 1. The van der Waals surface area contributed by atoms with E-state index in [1.54, 1.807) is 7.05 Å². The highest BCUT2D eigenvalue weighted by molar-refractivity contribution is 5.63. The number of benzene rings is 3. The quantitative estimate of drug-likeness (QED) is 0.0847. The second-order valence-corrected chi connectivity index (χ2v) is 8.30. The summed E-state index contributed by atoms with van der Waals surface area (Å²) in [6, 6.07) is 26.1. The molecule has 0 fully saturated rings. The fourth-order valence-corrected chi connectivity index (χ4v) is 2.81. The largest absolute Gasteiger partial charge is 0.389 e.